The standard InChI is InChI=1S/C22H28N2O5S/c1-6-24(14-17(4)22(26)29-5)21(25)18-9-7-8-10-19(18)23-30(27,28)20-13-15(2)11-12-16(20)3/h7-13,17,23H,6,14H2,1-5H3. The van der Waals surface area contributed by atoms with E-state index in [-0.39, 0.29) is 28.6 Å². The van der Waals surface area contributed by atoms with Gasteiger partial charge in [0.05, 0.1) is 29.2 Å². The maximum atomic E-state index is 13.1. The van der Waals surface area contributed by atoms with Crippen molar-refractivity contribution in [1.29, 1.82) is 0 Å². The molecule has 0 radical (unpaired) electrons. The Morgan fingerprint density at radius 3 is 2.43 bits per heavy atom. The minimum absolute atomic E-state index is 0.163. The van der Waals surface area contributed by atoms with Gasteiger partial charge in [-0.1, -0.05) is 31.2 Å². The number of para-hydroxylation sites is 1. The second-order valence-corrected chi connectivity index (χ2v) is 8.84. The molecule has 0 spiro atoms. The second-order valence-electron chi connectivity index (χ2n) is 7.19. The van der Waals surface area contributed by atoms with Crippen LogP contribution in [0, 0.1) is 19.8 Å². The summed E-state index contributed by atoms with van der Waals surface area (Å²) in [6.07, 6.45) is 0. The fourth-order valence-electron chi connectivity index (χ4n) is 3.09. The molecule has 1 atom stereocenters. The van der Waals surface area contributed by atoms with Crippen molar-refractivity contribution in [2.24, 2.45) is 5.92 Å². The lowest BCUT2D eigenvalue weighted by atomic mass is 10.1. The lowest BCUT2D eigenvalue weighted by Gasteiger charge is -2.25. The van der Waals surface area contributed by atoms with Crippen LogP contribution < -0.4 is 4.72 Å². The molecule has 0 bridgehead atoms. The van der Waals surface area contributed by atoms with Crippen molar-refractivity contribution in [1.82, 2.24) is 4.90 Å². The van der Waals surface area contributed by atoms with E-state index in [0.29, 0.717) is 12.1 Å². The Balaban J connectivity index is 2.36. The third kappa shape index (κ3) is 5.38. The summed E-state index contributed by atoms with van der Waals surface area (Å²) in [6.45, 7) is 7.54. The normalized spacial score (nSPS) is 12.2. The predicted octanol–water partition coefficient (Wildman–Crippen LogP) is 3.38. The number of anilines is 1. The van der Waals surface area contributed by atoms with Gasteiger partial charge in [0.1, 0.15) is 0 Å². The van der Waals surface area contributed by atoms with Gasteiger partial charge < -0.3 is 9.64 Å². The van der Waals surface area contributed by atoms with E-state index in [2.05, 4.69) is 4.72 Å². The number of sulfonamides is 1. The average molecular weight is 433 g/mol. The summed E-state index contributed by atoms with van der Waals surface area (Å²) in [7, 11) is -2.59. The molecule has 0 saturated heterocycles. The molecule has 2 rings (SSSR count). The van der Waals surface area contributed by atoms with Crippen molar-refractivity contribution < 1.29 is 22.7 Å². The van der Waals surface area contributed by atoms with E-state index in [1.165, 1.54) is 12.0 Å². The molecule has 7 nitrogen and oxygen atoms in total. The number of carbonyl (C=O) groups is 2. The molecular weight excluding hydrogens is 404 g/mol. The third-order valence-electron chi connectivity index (χ3n) is 4.80. The number of esters is 1. The lowest BCUT2D eigenvalue weighted by molar-refractivity contribution is -0.145. The molecule has 2 aromatic rings. The predicted molar refractivity (Wildman–Crippen MR) is 116 cm³/mol. The average Bonchev–Trinajstić information content (AvgIpc) is 2.72. The molecule has 0 fully saturated rings. The molecule has 0 heterocycles. The van der Waals surface area contributed by atoms with E-state index in [1.807, 2.05) is 13.0 Å². The van der Waals surface area contributed by atoms with Crippen LogP contribution in [0.2, 0.25) is 0 Å². The van der Waals surface area contributed by atoms with E-state index >= 15 is 0 Å². The zero-order valence-corrected chi connectivity index (χ0v) is 18.7. The number of amides is 1. The molecule has 0 saturated carbocycles. The first-order valence-electron chi connectivity index (χ1n) is 9.67. The number of nitrogens with one attached hydrogen (secondary N) is 1. The number of ether oxygens (including phenoxy) is 1. The summed E-state index contributed by atoms with van der Waals surface area (Å²) in [5.41, 5.74) is 1.83. The van der Waals surface area contributed by atoms with E-state index in [9.17, 15) is 18.0 Å². The molecule has 0 aliphatic rings. The zero-order valence-electron chi connectivity index (χ0n) is 17.9. The quantitative estimate of drug-likeness (QED) is 0.646. The maximum absolute atomic E-state index is 13.1. The van der Waals surface area contributed by atoms with Crippen LogP contribution in [-0.4, -0.2) is 45.4 Å². The fourth-order valence-corrected chi connectivity index (χ4v) is 4.50. The van der Waals surface area contributed by atoms with Gasteiger partial charge in [-0.25, -0.2) is 8.42 Å². The number of methoxy groups -OCH3 is 1. The van der Waals surface area contributed by atoms with Crippen molar-refractivity contribution in [2.45, 2.75) is 32.6 Å². The molecule has 0 aliphatic heterocycles. The molecule has 0 aliphatic carbocycles. The van der Waals surface area contributed by atoms with E-state index in [1.54, 1.807) is 57.2 Å². The zero-order chi connectivity index (χ0) is 22.5. The van der Waals surface area contributed by atoms with E-state index in [4.69, 9.17) is 4.74 Å². The topological polar surface area (TPSA) is 92.8 Å². The van der Waals surface area contributed by atoms with Crippen molar-refractivity contribution in [3.05, 3.63) is 59.2 Å². The summed E-state index contributed by atoms with van der Waals surface area (Å²) >= 11 is 0. The number of benzene rings is 2. The van der Waals surface area contributed by atoms with Crippen molar-refractivity contribution >= 4 is 27.6 Å². The number of hydrogen-bond donors (Lipinski definition) is 1. The Hall–Kier alpha value is -2.87. The molecule has 1 unspecified atom stereocenters. The van der Waals surface area contributed by atoms with Crippen molar-refractivity contribution in [3.63, 3.8) is 0 Å². The summed E-state index contributed by atoms with van der Waals surface area (Å²) in [4.78, 5) is 26.5. The van der Waals surface area contributed by atoms with Crippen LogP contribution >= 0.6 is 0 Å². The number of nitrogens with zero attached hydrogens (tertiary/aromatic N) is 1. The molecular formula is C22H28N2O5S. The summed E-state index contributed by atoms with van der Waals surface area (Å²) in [5.74, 6) is -1.28. The molecule has 8 heteroatoms. The Labute approximate surface area is 178 Å². The Bertz CT molecular complexity index is 1030. The van der Waals surface area contributed by atoms with Gasteiger partial charge in [-0.15, -0.1) is 0 Å². The van der Waals surface area contributed by atoms with Gasteiger partial charge >= 0.3 is 5.97 Å². The number of aryl methyl sites for hydroxylation is 2. The number of rotatable bonds is 8. The smallest absolute Gasteiger partial charge is 0.310 e. The van der Waals surface area contributed by atoms with Gasteiger partial charge in [0, 0.05) is 13.1 Å². The summed E-state index contributed by atoms with van der Waals surface area (Å²) in [6, 6.07) is 11.6. The van der Waals surface area contributed by atoms with Gasteiger partial charge in [0.25, 0.3) is 15.9 Å². The van der Waals surface area contributed by atoms with Gasteiger partial charge in [-0.2, -0.15) is 0 Å². The minimum Gasteiger partial charge on any atom is -0.469 e. The number of hydrogen-bond acceptors (Lipinski definition) is 5. The molecule has 30 heavy (non-hydrogen) atoms. The molecule has 2 aromatic carbocycles. The summed E-state index contributed by atoms with van der Waals surface area (Å²) < 4.78 is 33.3. The maximum Gasteiger partial charge on any atom is 0.310 e. The SMILES string of the molecule is CCN(CC(C)C(=O)OC)C(=O)c1ccccc1NS(=O)(=O)c1cc(C)ccc1C. The van der Waals surface area contributed by atoms with Crippen LogP contribution in [0.25, 0.3) is 0 Å². The molecule has 1 amide bonds. The fraction of sp³-hybridized carbons (Fsp3) is 0.364. The van der Waals surface area contributed by atoms with Crippen molar-refractivity contribution in [3.8, 4) is 0 Å². The highest BCUT2D eigenvalue weighted by Crippen LogP contribution is 2.24. The highest BCUT2D eigenvalue weighted by Gasteiger charge is 2.25. The second kappa shape index (κ2) is 9.75. The summed E-state index contributed by atoms with van der Waals surface area (Å²) in [5, 5.41) is 0. The Kier molecular flexibility index (Phi) is 7.61. The van der Waals surface area contributed by atoms with Gasteiger partial charge in [0.15, 0.2) is 0 Å². The van der Waals surface area contributed by atoms with Crippen LogP contribution in [0.1, 0.15) is 35.3 Å². The van der Waals surface area contributed by atoms with Crippen LogP contribution in [0.15, 0.2) is 47.4 Å². The van der Waals surface area contributed by atoms with E-state index in [0.717, 1.165) is 5.56 Å². The lowest BCUT2D eigenvalue weighted by Crippen LogP contribution is -2.37. The first-order chi connectivity index (χ1) is 14.1. The molecule has 162 valence electrons. The van der Waals surface area contributed by atoms with Crippen LogP contribution in [0.3, 0.4) is 0 Å². The van der Waals surface area contributed by atoms with Gasteiger partial charge in [-0.3, -0.25) is 14.3 Å². The minimum atomic E-state index is -3.89. The first-order valence-corrected chi connectivity index (χ1v) is 11.1. The van der Waals surface area contributed by atoms with E-state index < -0.39 is 21.9 Å². The van der Waals surface area contributed by atoms with Gasteiger partial charge in [-0.05, 0) is 50.1 Å². The molecule has 0 aromatic heterocycles. The Morgan fingerprint density at radius 2 is 1.80 bits per heavy atom. The highest BCUT2D eigenvalue weighted by molar-refractivity contribution is 7.92. The Morgan fingerprint density at radius 1 is 1.13 bits per heavy atom. The third-order valence-corrected chi connectivity index (χ3v) is 6.31. The van der Waals surface area contributed by atoms with Crippen LogP contribution in [0.4, 0.5) is 5.69 Å². The molecule has 1 N–H and O–H groups in total. The van der Waals surface area contributed by atoms with Crippen LogP contribution in [0.5, 0.6) is 0 Å². The largest absolute Gasteiger partial charge is 0.469 e. The van der Waals surface area contributed by atoms with Gasteiger partial charge in [0.2, 0.25) is 0 Å². The van der Waals surface area contributed by atoms with Crippen molar-refractivity contribution in [2.75, 3.05) is 24.9 Å². The highest BCUT2D eigenvalue weighted by atomic mass is 32.2. The van der Waals surface area contributed by atoms with Crippen LogP contribution in [-0.2, 0) is 19.6 Å². The number of carbonyl (C=O) groups excluding carboxylic acids is 2. The first kappa shape index (κ1) is 23.4. The monoisotopic (exact) mass is 432 g/mol.